The summed E-state index contributed by atoms with van der Waals surface area (Å²) in [5.74, 6) is 0.176. The van der Waals surface area contributed by atoms with Crippen LogP contribution in [0.3, 0.4) is 0 Å². The molecule has 3 rings (SSSR count). The number of hydrogen-bond donors (Lipinski definition) is 1. The Bertz CT molecular complexity index is 845. The summed E-state index contributed by atoms with van der Waals surface area (Å²) in [7, 11) is 0. The second-order valence-electron chi connectivity index (χ2n) is 6.82. The zero-order chi connectivity index (χ0) is 17.6. The van der Waals surface area contributed by atoms with Crippen LogP contribution in [-0.2, 0) is 6.42 Å². The molecule has 3 aromatic rings. The van der Waals surface area contributed by atoms with Crippen molar-refractivity contribution in [1.29, 1.82) is 0 Å². The predicted molar refractivity (Wildman–Crippen MR) is 112 cm³/mol. The summed E-state index contributed by atoms with van der Waals surface area (Å²) in [5, 5.41) is 5.72. The second kappa shape index (κ2) is 9.51. The quantitative estimate of drug-likeness (QED) is 0.563. The minimum atomic E-state index is -0.165. The van der Waals surface area contributed by atoms with Crippen LogP contribution in [0.1, 0.15) is 36.2 Å². The average molecular weight is 368 g/mol. The van der Waals surface area contributed by atoms with Crippen molar-refractivity contribution >= 4 is 29.0 Å². The normalized spacial score (nSPS) is 12.0. The summed E-state index contributed by atoms with van der Waals surface area (Å²) in [6.07, 6.45) is 1.69. The molecule has 0 saturated heterocycles. The van der Waals surface area contributed by atoms with Gasteiger partial charge in [-0.15, -0.1) is 12.4 Å². The van der Waals surface area contributed by atoms with Gasteiger partial charge in [0.05, 0.1) is 6.04 Å². The molecular weight excluding hydrogens is 342 g/mol. The predicted octanol–water partition coefficient (Wildman–Crippen LogP) is 5.44. The number of halogens is 1. The topological polar surface area (TPSA) is 29.1 Å². The minimum absolute atomic E-state index is 0. The van der Waals surface area contributed by atoms with Gasteiger partial charge in [-0.2, -0.15) is 0 Å². The lowest BCUT2D eigenvalue weighted by molar-refractivity contribution is 0.0933. The lowest BCUT2D eigenvalue weighted by Crippen LogP contribution is -2.41. The molecule has 0 aliphatic rings. The summed E-state index contributed by atoms with van der Waals surface area (Å²) < 4.78 is 0. The molecule has 0 radical (unpaired) electrons. The highest BCUT2D eigenvalue weighted by Gasteiger charge is 2.20. The van der Waals surface area contributed by atoms with Crippen molar-refractivity contribution in [3.8, 4) is 0 Å². The number of nitrogens with one attached hydrogen (secondary N) is 1. The Balaban J connectivity index is 0.00000243. The molecule has 0 bridgehead atoms. The Morgan fingerprint density at radius 3 is 2.23 bits per heavy atom. The highest BCUT2D eigenvalue weighted by atomic mass is 35.5. The number of fused-ring (bicyclic) bond motifs is 1. The average Bonchev–Trinajstić information content (AvgIpc) is 2.64. The molecule has 0 aromatic heterocycles. The van der Waals surface area contributed by atoms with Crippen LogP contribution < -0.4 is 5.32 Å². The molecule has 136 valence electrons. The monoisotopic (exact) mass is 367 g/mol. The van der Waals surface area contributed by atoms with Crippen molar-refractivity contribution in [2.45, 2.75) is 38.8 Å². The molecule has 26 heavy (non-hydrogen) atoms. The Morgan fingerprint density at radius 2 is 1.54 bits per heavy atom. The molecule has 0 amide bonds. The van der Waals surface area contributed by atoms with Gasteiger partial charge in [-0.25, -0.2) is 0 Å². The number of Topliss-reactive ketones (excluding diaryl/α,β-unsaturated/α-hetero) is 1. The van der Waals surface area contributed by atoms with Crippen molar-refractivity contribution in [1.82, 2.24) is 5.32 Å². The molecule has 0 heterocycles. The van der Waals surface area contributed by atoms with Crippen molar-refractivity contribution in [2.24, 2.45) is 0 Å². The van der Waals surface area contributed by atoms with Gasteiger partial charge in [-0.3, -0.25) is 4.79 Å². The number of aryl methyl sites for hydroxylation is 1. The Morgan fingerprint density at radius 1 is 0.885 bits per heavy atom. The van der Waals surface area contributed by atoms with Crippen LogP contribution in [0.25, 0.3) is 10.8 Å². The van der Waals surface area contributed by atoms with Crippen LogP contribution in [0, 0.1) is 0 Å². The number of ketones is 1. The van der Waals surface area contributed by atoms with Gasteiger partial charge in [-0.05, 0) is 35.2 Å². The van der Waals surface area contributed by atoms with Crippen LogP contribution in [0.2, 0.25) is 0 Å². The molecule has 0 aliphatic heterocycles. The summed E-state index contributed by atoms with van der Waals surface area (Å²) in [6, 6.07) is 24.6. The third kappa shape index (κ3) is 5.17. The third-order valence-corrected chi connectivity index (χ3v) is 4.45. The summed E-state index contributed by atoms with van der Waals surface area (Å²) in [5.41, 5.74) is 2.05. The smallest absolute Gasteiger partial charge is 0.179 e. The van der Waals surface area contributed by atoms with Crippen molar-refractivity contribution in [3.05, 3.63) is 83.9 Å². The van der Waals surface area contributed by atoms with Crippen molar-refractivity contribution in [2.75, 3.05) is 0 Å². The van der Waals surface area contributed by atoms with Crippen LogP contribution in [-0.4, -0.2) is 17.9 Å². The van der Waals surface area contributed by atoms with Gasteiger partial charge in [0.2, 0.25) is 0 Å². The van der Waals surface area contributed by atoms with Crippen LogP contribution in [0.15, 0.2) is 72.8 Å². The lowest BCUT2D eigenvalue weighted by atomic mass is 9.95. The Kier molecular flexibility index (Phi) is 7.38. The lowest BCUT2D eigenvalue weighted by Gasteiger charge is -2.20. The van der Waals surface area contributed by atoms with E-state index in [9.17, 15) is 4.79 Å². The molecule has 3 aromatic carbocycles. The van der Waals surface area contributed by atoms with E-state index >= 15 is 0 Å². The number of benzene rings is 3. The molecule has 0 spiro atoms. The van der Waals surface area contributed by atoms with Gasteiger partial charge in [-0.1, -0.05) is 80.6 Å². The van der Waals surface area contributed by atoms with E-state index in [1.807, 2.05) is 48.5 Å². The maximum Gasteiger partial charge on any atom is 0.179 e. The van der Waals surface area contributed by atoms with Crippen LogP contribution in [0.5, 0.6) is 0 Å². The van der Waals surface area contributed by atoms with E-state index in [2.05, 4.69) is 43.4 Å². The molecule has 1 unspecified atom stereocenters. The van der Waals surface area contributed by atoms with E-state index in [-0.39, 0.29) is 30.3 Å². The van der Waals surface area contributed by atoms with E-state index < -0.39 is 0 Å². The molecule has 3 heteroatoms. The number of carbonyl (C=O) groups is 1. The number of rotatable bonds is 7. The molecular formula is C23H26ClNO. The Labute approximate surface area is 162 Å². The van der Waals surface area contributed by atoms with Gasteiger partial charge < -0.3 is 5.32 Å². The fourth-order valence-electron chi connectivity index (χ4n) is 3.19. The Hall–Kier alpha value is -2.16. The maximum absolute atomic E-state index is 13.1. The van der Waals surface area contributed by atoms with Crippen molar-refractivity contribution in [3.63, 3.8) is 0 Å². The van der Waals surface area contributed by atoms with E-state index in [1.54, 1.807) is 0 Å². The van der Waals surface area contributed by atoms with Crippen LogP contribution in [0.4, 0.5) is 0 Å². The van der Waals surface area contributed by atoms with E-state index in [0.29, 0.717) is 0 Å². The van der Waals surface area contributed by atoms with E-state index in [0.717, 1.165) is 29.2 Å². The van der Waals surface area contributed by atoms with Gasteiger partial charge >= 0.3 is 0 Å². The first-order valence-electron chi connectivity index (χ1n) is 8.96. The molecule has 2 nitrogen and oxygen atoms in total. The minimum Gasteiger partial charge on any atom is -0.305 e. The summed E-state index contributed by atoms with van der Waals surface area (Å²) >= 11 is 0. The first-order chi connectivity index (χ1) is 12.1. The summed E-state index contributed by atoms with van der Waals surface area (Å²) in [4.78, 5) is 13.1. The number of carbonyl (C=O) groups excluding carboxylic acids is 1. The second-order valence-corrected chi connectivity index (χ2v) is 6.82. The standard InChI is InChI=1S/C23H25NO.ClH/c1-17(2)24-22(15-12-18-8-4-3-5-9-18)23(25)21-14-13-19-10-6-7-11-20(19)16-21;/h3-11,13-14,16-17,22,24H,12,15H2,1-2H3;1H. The first kappa shape index (κ1) is 20.2. The fourth-order valence-corrected chi connectivity index (χ4v) is 3.19. The van der Waals surface area contributed by atoms with Crippen molar-refractivity contribution < 1.29 is 4.79 Å². The van der Waals surface area contributed by atoms with Gasteiger partial charge in [0.15, 0.2) is 5.78 Å². The summed E-state index contributed by atoms with van der Waals surface area (Å²) in [6.45, 7) is 4.17. The highest BCUT2D eigenvalue weighted by molar-refractivity contribution is 6.03. The van der Waals surface area contributed by atoms with E-state index in [1.165, 1.54) is 5.56 Å². The zero-order valence-corrected chi connectivity index (χ0v) is 16.1. The molecule has 1 atom stereocenters. The molecule has 0 aliphatic carbocycles. The molecule has 1 N–H and O–H groups in total. The first-order valence-corrected chi connectivity index (χ1v) is 8.96. The fraction of sp³-hybridized carbons (Fsp3) is 0.261. The largest absolute Gasteiger partial charge is 0.305 e. The van der Waals surface area contributed by atoms with Gasteiger partial charge in [0.25, 0.3) is 0 Å². The maximum atomic E-state index is 13.1. The SMILES string of the molecule is CC(C)NC(CCc1ccccc1)C(=O)c1ccc2ccccc2c1.Cl. The van der Waals surface area contributed by atoms with E-state index in [4.69, 9.17) is 0 Å². The zero-order valence-electron chi connectivity index (χ0n) is 15.3. The van der Waals surface area contributed by atoms with Crippen LogP contribution >= 0.6 is 12.4 Å². The van der Waals surface area contributed by atoms with Gasteiger partial charge in [0.1, 0.15) is 0 Å². The molecule has 0 saturated carbocycles. The van der Waals surface area contributed by atoms with Gasteiger partial charge in [0, 0.05) is 11.6 Å². The number of hydrogen-bond acceptors (Lipinski definition) is 2. The third-order valence-electron chi connectivity index (χ3n) is 4.45. The molecule has 0 fully saturated rings. The highest BCUT2D eigenvalue weighted by Crippen LogP contribution is 2.18.